The van der Waals surface area contributed by atoms with E-state index in [0.717, 1.165) is 37.7 Å². The maximum absolute atomic E-state index is 9.68. The summed E-state index contributed by atoms with van der Waals surface area (Å²) >= 11 is 0. The van der Waals surface area contributed by atoms with Crippen LogP contribution in [0.4, 0.5) is 0 Å². The normalized spacial score (nSPS) is 11.0. The van der Waals surface area contributed by atoms with E-state index >= 15 is 0 Å². The second kappa shape index (κ2) is 5.31. The highest BCUT2D eigenvalue weighted by Gasteiger charge is 2.13. The van der Waals surface area contributed by atoms with E-state index in [9.17, 15) is 10.5 Å². The molecular weight excluding hydrogens is 316 g/mol. The van der Waals surface area contributed by atoms with Gasteiger partial charge >= 0.3 is 0 Å². The lowest BCUT2D eigenvalue weighted by atomic mass is 9.90. The maximum atomic E-state index is 9.68. The molecule has 0 aliphatic carbocycles. The summed E-state index contributed by atoms with van der Waals surface area (Å²) < 4.78 is 0. The van der Waals surface area contributed by atoms with E-state index in [1.165, 1.54) is 5.39 Å². The number of hydrogen-bond donors (Lipinski definition) is 0. The third-order valence-electron chi connectivity index (χ3n) is 5.07. The molecule has 118 valence electrons. The minimum atomic E-state index is 0.626. The van der Waals surface area contributed by atoms with Crippen LogP contribution in [0.1, 0.15) is 11.1 Å². The highest BCUT2D eigenvalue weighted by Crippen LogP contribution is 2.38. The summed E-state index contributed by atoms with van der Waals surface area (Å²) in [6, 6.07) is 28.8. The van der Waals surface area contributed by atoms with E-state index in [1.807, 2.05) is 48.5 Å². The van der Waals surface area contributed by atoms with Crippen molar-refractivity contribution in [3.05, 3.63) is 83.9 Å². The van der Waals surface area contributed by atoms with E-state index in [0.29, 0.717) is 11.1 Å². The molecule has 0 atom stereocenters. The van der Waals surface area contributed by atoms with E-state index in [1.54, 1.807) is 0 Å². The third kappa shape index (κ3) is 1.91. The molecule has 0 N–H and O–H groups in total. The zero-order chi connectivity index (χ0) is 17.7. The van der Waals surface area contributed by atoms with Crippen molar-refractivity contribution in [3.8, 4) is 12.1 Å². The summed E-state index contributed by atoms with van der Waals surface area (Å²) in [4.78, 5) is 0. The lowest BCUT2D eigenvalue weighted by Crippen LogP contribution is -1.88. The Hall–Kier alpha value is -3.88. The molecule has 0 spiro atoms. The average Bonchev–Trinajstić information content (AvgIpc) is 2.71. The molecule has 2 nitrogen and oxygen atoms in total. The molecule has 0 heterocycles. The number of nitrogens with zero attached hydrogens (tertiary/aromatic N) is 2. The summed E-state index contributed by atoms with van der Waals surface area (Å²) in [6.45, 7) is 0. The minimum Gasteiger partial charge on any atom is -0.192 e. The van der Waals surface area contributed by atoms with Crippen molar-refractivity contribution in [1.29, 1.82) is 10.5 Å². The first-order chi connectivity index (χ1) is 12.8. The van der Waals surface area contributed by atoms with Crippen LogP contribution in [0, 0.1) is 22.7 Å². The van der Waals surface area contributed by atoms with E-state index in [2.05, 4.69) is 36.4 Å². The predicted molar refractivity (Wildman–Crippen MR) is 106 cm³/mol. The molecule has 0 bridgehead atoms. The second-order valence-electron chi connectivity index (χ2n) is 6.46. The summed E-state index contributed by atoms with van der Waals surface area (Å²) in [5, 5.41) is 27.6. The van der Waals surface area contributed by atoms with Gasteiger partial charge in [-0.3, -0.25) is 0 Å². The van der Waals surface area contributed by atoms with Crippen LogP contribution >= 0.6 is 0 Å². The Morgan fingerprint density at radius 1 is 0.538 bits per heavy atom. The number of nitriles is 2. The first-order valence-corrected chi connectivity index (χ1v) is 8.41. The summed E-state index contributed by atoms with van der Waals surface area (Å²) in [7, 11) is 0. The Morgan fingerprint density at radius 2 is 1.27 bits per heavy atom. The number of hydrogen-bond acceptors (Lipinski definition) is 2. The van der Waals surface area contributed by atoms with Gasteiger partial charge in [-0.25, -0.2) is 0 Å². The van der Waals surface area contributed by atoms with Gasteiger partial charge < -0.3 is 0 Å². The molecule has 5 aromatic carbocycles. The van der Waals surface area contributed by atoms with Crippen LogP contribution in [0.5, 0.6) is 0 Å². The Bertz CT molecular complexity index is 1450. The van der Waals surface area contributed by atoms with Crippen molar-refractivity contribution < 1.29 is 0 Å². The van der Waals surface area contributed by atoms with Gasteiger partial charge in [-0.1, -0.05) is 42.5 Å². The molecule has 2 heteroatoms. The first-order valence-electron chi connectivity index (χ1n) is 8.41. The fraction of sp³-hybridized carbons (Fsp3) is 0. The fourth-order valence-electron chi connectivity index (χ4n) is 3.90. The maximum Gasteiger partial charge on any atom is 0.0998 e. The highest BCUT2D eigenvalue weighted by molar-refractivity contribution is 6.28. The standard InChI is InChI=1S/C24H12N2/c25-13-15-8-9-19-21(10-15)20-7-3-6-18(14-26)24(20)23-12-17-5-2-1-4-16(17)11-22(19)23/h1-12H. The van der Waals surface area contributed by atoms with Crippen LogP contribution in [-0.4, -0.2) is 0 Å². The second-order valence-corrected chi connectivity index (χ2v) is 6.46. The topological polar surface area (TPSA) is 47.6 Å². The smallest absolute Gasteiger partial charge is 0.0998 e. The predicted octanol–water partition coefficient (Wildman–Crippen LogP) is 6.04. The minimum absolute atomic E-state index is 0.626. The van der Waals surface area contributed by atoms with Crippen molar-refractivity contribution in [1.82, 2.24) is 0 Å². The van der Waals surface area contributed by atoms with E-state index in [4.69, 9.17) is 0 Å². The van der Waals surface area contributed by atoms with Crippen molar-refractivity contribution in [2.45, 2.75) is 0 Å². The first kappa shape index (κ1) is 14.5. The van der Waals surface area contributed by atoms with Gasteiger partial charge in [0.15, 0.2) is 0 Å². The van der Waals surface area contributed by atoms with Crippen molar-refractivity contribution >= 4 is 43.1 Å². The van der Waals surface area contributed by atoms with Gasteiger partial charge in [0.2, 0.25) is 0 Å². The molecule has 0 aromatic heterocycles. The quantitative estimate of drug-likeness (QED) is 0.257. The molecule has 0 unspecified atom stereocenters. The van der Waals surface area contributed by atoms with Crippen LogP contribution in [0.3, 0.4) is 0 Å². The van der Waals surface area contributed by atoms with Gasteiger partial charge in [0.05, 0.1) is 23.3 Å². The van der Waals surface area contributed by atoms with Crippen molar-refractivity contribution in [2.75, 3.05) is 0 Å². The lowest BCUT2D eigenvalue weighted by molar-refractivity contribution is 1.50. The van der Waals surface area contributed by atoms with Gasteiger partial charge in [0.1, 0.15) is 0 Å². The highest BCUT2D eigenvalue weighted by atomic mass is 14.3. The van der Waals surface area contributed by atoms with E-state index in [-0.39, 0.29) is 0 Å². The van der Waals surface area contributed by atoms with Crippen LogP contribution < -0.4 is 0 Å². The molecule has 0 fully saturated rings. The number of fused-ring (bicyclic) bond motifs is 7. The van der Waals surface area contributed by atoms with Gasteiger partial charge in [-0.2, -0.15) is 10.5 Å². The summed E-state index contributed by atoms with van der Waals surface area (Å²) in [6.07, 6.45) is 0. The molecule has 0 radical (unpaired) electrons. The fourth-order valence-corrected chi connectivity index (χ4v) is 3.90. The van der Waals surface area contributed by atoms with Crippen molar-refractivity contribution in [3.63, 3.8) is 0 Å². The average molecular weight is 328 g/mol. The summed E-state index contributed by atoms with van der Waals surface area (Å²) in [5.41, 5.74) is 1.29. The zero-order valence-electron chi connectivity index (χ0n) is 13.8. The Balaban J connectivity index is 2.17. The van der Waals surface area contributed by atoms with Gasteiger partial charge in [-0.05, 0) is 68.0 Å². The molecular formula is C24H12N2. The Labute approximate surface area is 150 Å². The van der Waals surface area contributed by atoms with Crippen LogP contribution in [0.15, 0.2) is 72.8 Å². The Kier molecular flexibility index (Phi) is 2.95. The molecule has 26 heavy (non-hydrogen) atoms. The molecule has 0 aliphatic rings. The van der Waals surface area contributed by atoms with Gasteiger partial charge in [-0.15, -0.1) is 0 Å². The lowest BCUT2D eigenvalue weighted by Gasteiger charge is -2.13. The van der Waals surface area contributed by atoms with Gasteiger partial charge in [0, 0.05) is 5.39 Å². The van der Waals surface area contributed by atoms with Crippen molar-refractivity contribution in [2.24, 2.45) is 0 Å². The van der Waals surface area contributed by atoms with Crippen LogP contribution in [0.2, 0.25) is 0 Å². The molecule has 5 aromatic rings. The molecule has 5 rings (SSSR count). The monoisotopic (exact) mass is 328 g/mol. The van der Waals surface area contributed by atoms with Crippen LogP contribution in [-0.2, 0) is 0 Å². The third-order valence-corrected chi connectivity index (χ3v) is 5.07. The van der Waals surface area contributed by atoms with Crippen LogP contribution in [0.25, 0.3) is 43.1 Å². The number of rotatable bonds is 0. The molecule has 0 saturated heterocycles. The Morgan fingerprint density at radius 3 is 2.00 bits per heavy atom. The number of benzene rings is 5. The molecule has 0 aliphatic heterocycles. The van der Waals surface area contributed by atoms with E-state index < -0.39 is 0 Å². The zero-order valence-corrected chi connectivity index (χ0v) is 13.8. The van der Waals surface area contributed by atoms with Gasteiger partial charge in [0.25, 0.3) is 0 Å². The molecule has 0 saturated carbocycles. The summed E-state index contributed by atoms with van der Waals surface area (Å²) in [5.74, 6) is 0. The largest absolute Gasteiger partial charge is 0.192 e. The SMILES string of the molecule is N#Cc1ccc2c(c1)c1cccc(C#N)c1c1cc3ccccc3cc21. The molecule has 0 amide bonds.